The number of hydrazine groups is 1. The number of fused-ring (bicyclic) bond motifs is 1. The quantitative estimate of drug-likeness (QED) is 0.225. The van der Waals surface area contributed by atoms with E-state index in [9.17, 15) is 18.8 Å². The summed E-state index contributed by atoms with van der Waals surface area (Å²) in [7, 11) is 0. The number of carbonyl (C=O) groups excluding carboxylic acids is 3. The number of para-hydroxylation sites is 1. The fourth-order valence-corrected chi connectivity index (χ4v) is 4.87. The topological polar surface area (TPSA) is 97.4 Å². The molecular formula is C24H18FN3O4S2. The first-order valence-corrected chi connectivity index (χ1v) is 11.9. The molecule has 0 aliphatic carbocycles. The van der Waals surface area contributed by atoms with Crippen molar-refractivity contribution in [2.45, 2.75) is 10.1 Å². The van der Waals surface area contributed by atoms with E-state index in [1.165, 1.54) is 12.1 Å². The smallest absolute Gasteiger partial charge is 0.338 e. The van der Waals surface area contributed by atoms with Crippen molar-refractivity contribution in [2.24, 2.45) is 0 Å². The van der Waals surface area contributed by atoms with Gasteiger partial charge in [0.05, 0.1) is 15.8 Å². The van der Waals surface area contributed by atoms with Gasteiger partial charge in [-0.3, -0.25) is 20.4 Å². The Morgan fingerprint density at radius 2 is 1.62 bits per heavy atom. The molecule has 1 aromatic heterocycles. The van der Waals surface area contributed by atoms with E-state index in [1.54, 1.807) is 35.2 Å². The Labute approximate surface area is 202 Å². The summed E-state index contributed by atoms with van der Waals surface area (Å²) in [6, 6.07) is 19.7. The number of halogens is 1. The van der Waals surface area contributed by atoms with Crippen LogP contribution in [0.3, 0.4) is 0 Å². The molecule has 4 rings (SSSR count). The molecule has 2 N–H and O–H groups in total. The maximum Gasteiger partial charge on any atom is 0.338 e. The Bertz CT molecular complexity index is 1290. The van der Waals surface area contributed by atoms with E-state index in [1.807, 2.05) is 36.4 Å². The molecule has 0 aliphatic rings. The number of esters is 1. The summed E-state index contributed by atoms with van der Waals surface area (Å²) in [5, 5.41) is 0. The first-order valence-electron chi connectivity index (χ1n) is 10.1. The van der Waals surface area contributed by atoms with Gasteiger partial charge in [0, 0.05) is 11.3 Å². The van der Waals surface area contributed by atoms with E-state index in [2.05, 4.69) is 15.8 Å². The summed E-state index contributed by atoms with van der Waals surface area (Å²) in [5.74, 6) is -1.78. The summed E-state index contributed by atoms with van der Waals surface area (Å²) < 4.78 is 20.0. The van der Waals surface area contributed by atoms with Gasteiger partial charge in [0.1, 0.15) is 5.82 Å². The molecule has 4 aromatic rings. The van der Waals surface area contributed by atoms with Gasteiger partial charge in [0.2, 0.25) is 0 Å². The third-order valence-electron chi connectivity index (χ3n) is 4.58. The molecule has 172 valence electrons. The van der Waals surface area contributed by atoms with Crippen LogP contribution in [0.25, 0.3) is 10.2 Å². The second kappa shape index (κ2) is 10.9. The number of nitrogens with zero attached hydrogens (tertiary/aromatic N) is 1. The van der Waals surface area contributed by atoms with Crippen molar-refractivity contribution in [1.82, 2.24) is 15.8 Å². The number of nitrogens with one attached hydrogen (secondary N) is 2. The number of rotatable bonds is 7. The van der Waals surface area contributed by atoms with Gasteiger partial charge in [-0.05, 0) is 54.1 Å². The predicted octanol–water partition coefficient (Wildman–Crippen LogP) is 4.35. The standard InChI is InChI=1S/C24H18FN3O4S2/c25-18-11-9-16(10-12-18)22(30)28-27-21(29)13-32-23(31)17-7-5-15(6-8-17)14-33-24-26-19-3-1-2-4-20(19)34-24/h1-12H,13-14H2,(H,27,29)(H,28,30). The minimum atomic E-state index is -0.715. The predicted molar refractivity (Wildman–Crippen MR) is 128 cm³/mol. The summed E-state index contributed by atoms with van der Waals surface area (Å²) in [5.41, 5.74) is 6.77. The lowest BCUT2D eigenvalue weighted by Crippen LogP contribution is -2.43. The fourth-order valence-electron chi connectivity index (χ4n) is 2.85. The van der Waals surface area contributed by atoms with Crippen LogP contribution in [0.1, 0.15) is 26.3 Å². The molecule has 0 atom stereocenters. The van der Waals surface area contributed by atoms with Gasteiger partial charge >= 0.3 is 5.97 Å². The molecule has 0 spiro atoms. The first-order chi connectivity index (χ1) is 16.5. The van der Waals surface area contributed by atoms with Gasteiger partial charge in [-0.25, -0.2) is 14.2 Å². The molecule has 2 amide bonds. The zero-order chi connectivity index (χ0) is 23.9. The van der Waals surface area contributed by atoms with Crippen LogP contribution in [0.4, 0.5) is 4.39 Å². The molecule has 0 saturated carbocycles. The van der Waals surface area contributed by atoms with Crippen molar-refractivity contribution in [1.29, 1.82) is 0 Å². The molecule has 0 radical (unpaired) electrons. The first kappa shape index (κ1) is 23.4. The summed E-state index contributed by atoms with van der Waals surface area (Å²) >= 11 is 3.26. The van der Waals surface area contributed by atoms with Gasteiger partial charge in [-0.2, -0.15) is 0 Å². The number of thiazole rings is 1. The van der Waals surface area contributed by atoms with Gasteiger partial charge in [0.25, 0.3) is 11.8 Å². The fraction of sp³-hybridized carbons (Fsp3) is 0.0833. The number of carbonyl (C=O) groups is 3. The molecule has 0 unspecified atom stereocenters. The molecule has 10 heteroatoms. The van der Waals surface area contributed by atoms with Crippen molar-refractivity contribution in [3.8, 4) is 0 Å². The Balaban J connectivity index is 1.21. The van der Waals surface area contributed by atoms with Gasteiger partial charge in [0.15, 0.2) is 10.9 Å². The minimum absolute atomic E-state index is 0.167. The van der Waals surface area contributed by atoms with Crippen molar-refractivity contribution in [3.05, 3.63) is 95.3 Å². The molecule has 34 heavy (non-hydrogen) atoms. The Kier molecular flexibility index (Phi) is 7.51. The van der Waals surface area contributed by atoms with Gasteiger partial charge in [-0.15, -0.1) is 11.3 Å². The Morgan fingerprint density at radius 1 is 0.912 bits per heavy atom. The average Bonchev–Trinajstić information content (AvgIpc) is 3.28. The number of benzene rings is 3. The van der Waals surface area contributed by atoms with Crippen molar-refractivity contribution < 1.29 is 23.5 Å². The normalized spacial score (nSPS) is 10.6. The van der Waals surface area contributed by atoms with Crippen molar-refractivity contribution in [2.75, 3.05) is 6.61 Å². The van der Waals surface area contributed by atoms with Crippen LogP contribution < -0.4 is 10.9 Å². The van der Waals surface area contributed by atoms with Crippen LogP contribution in [0.2, 0.25) is 0 Å². The van der Waals surface area contributed by atoms with Crippen LogP contribution in [-0.2, 0) is 15.3 Å². The SMILES string of the molecule is O=C(COC(=O)c1ccc(CSc2nc3ccccc3s2)cc1)NNC(=O)c1ccc(F)cc1. The minimum Gasteiger partial charge on any atom is -0.452 e. The molecular weight excluding hydrogens is 477 g/mol. The number of aromatic nitrogens is 1. The number of hydrogen-bond donors (Lipinski definition) is 2. The molecule has 7 nitrogen and oxygen atoms in total. The lowest BCUT2D eigenvalue weighted by Gasteiger charge is -2.08. The van der Waals surface area contributed by atoms with E-state index >= 15 is 0 Å². The van der Waals surface area contributed by atoms with Crippen LogP contribution >= 0.6 is 23.1 Å². The molecule has 1 heterocycles. The third kappa shape index (κ3) is 6.18. The van der Waals surface area contributed by atoms with Gasteiger partial charge in [-0.1, -0.05) is 36.0 Å². The second-order valence-corrected chi connectivity index (χ2v) is 9.27. The van der Waals surface area contributed by atoms with Crippen LogP contribution in [0.15, 0.2) is 77.1 Å². The zero-order valence-electron chi connectivity index (χ0n) is 17.6. The van der Waals surface area contributed by atoms with E-state index in [0.29, 0.717) is 11.3 Å². The molecule has 0 fully saturated rings. The van der Waals surface area contributed by atoms with Crippen LogP contribution in [-0.4, -0.2) is 29.4 Å². The third-order valence-corrected chi connectivity index (χ3v) is 6.83. The number of thioether (sulfide) groups is 1. The summed E-state index contributed by atoms with van der Waals surface area (Å²) in [4.78, 5) is 40.5. The van der Waals surface area contributed by atoms with E-state index in [-0.39, 0.29) is 5.56 Å². The summed E-state index contributed by atoms with van der Waals surface area (Å²) in [6.07, 6.45) is 0. The number of amides is 2. The van der Waals surface area contributed by atoms with Crippen molar-refractivity contribution >= 4 is 51.1 Å². The highest BCUT2D eigenvalue weighted by Crippen LogP contribution is 2.31. The molecule has 0 bridgehead atoms. The highest BCUT2D eigenvalue weighted by molar-refractivity contribution is 8.00. The van der Waals surface area contributed by atoms with Crippen LogP contribution in [0.5, 0.6) is 0 Å². The Hall–Kier alpha value is -3.76. The zero-order valence-corrected chi connectivity index (χ0v) is 19.3. The maximum atomic E-state index is 12.9. The van der Waals surface area contributed by atoms with E-state index in [4.69, 9.17) is 4.74 Å². The Morgan fingerprint density at radius 3 is 2.35 bits per heavy atom. The van der Waals surface area contributed by atoms with E-state index < -0.39 is 30.2 Å². The monoisotopic (exact) mass is 495 g/mol. The average molecular weight is 496 g/mol. The van der Waals surface area contributed by atoms with Crippen LogP contribution in [0, 0.1) is 5.82 Å². The lowest BCUT2D eigenvalue weighted by atomic mass is 10.1. The van der Waals surface area contributed by atoms with Gasteiger partial charge < -0.3 is 4.74 Å². The highest BCUT2D eigenvalue weighted by atomic mass is 32.2. The summed E-state index contributed by atoms with van der Waals surface area (Å²) in [6.45, 7) is -0.572. The largest absolute Gasteiger partial charge is 0.452 e. The number of hydrogen-bond acceptors (Lipinski definition) is 7. The number of ether oxygens (including phenoxy) is 1. The van der Waals surface area contributed by atoms with Crippen molar-refractivity contribution in [3.63, 3.8) is 0 Å². The molecule has 0 aliphatic heterocycles. The highest BCUT2D eigenvalue weighted by Gasteiger charge is 2.12. The van der Waals surface area contributed by atoms with E-state index in [0.717, 1.165) is 32.3 Å². The lowest BCUT2D eigenvalue weighted by molar-refractivity contribution is -0.125. The molecule has 0 saturated heterocycles. The second-order valence-electron chi connectivity index (χ2n) is 7.02. The molecule has 3 aromatic carbocycles. The maximum absolute atomic E-state index is 12.9.